The van der Waals surface area contributed by atoms with Crippen molar-refractivity contribution in [3.63, 3.8) is 0 Å². The molecule has 24 heavy (non-hydrogen) atoms. The number of carbonyl (C=O) groups is 2. The number of pyridine rings is 1. The Morgan fingerprint density at radius 3 is 2.21 bits per heavy atom. The summed E-state index contributed by atoms with van der Waals surface area (Å²) in [5.41, 5.74) is 1.34. The summed E-state index contributed by atoms with van der Waals surface area (Å²) in [6, 6.07) is 5.10. The van der Waals surface area contributed by atoms with Gasteiger partial charge in [0.2, 0.25) is 0 Å². The zero-order valence-electron chi connectivity index (χ0n) is 13.8. The summed E-state index contributed by atoms with van der Waals surface area (Å²) in [4.78, 5) is 27.7. The van der Waals surface area contributed by atoms with Crippen molar-refractivity contribution in [1.82, 2.24) is 14.8 Å². The lowest BCUT2D eigenvalue weighted by Crippen LogP contribution is -2.49. The summed E-state index contributed by atoms with van der Waals surface area (Å²) in [7, 11) is 0. The van der Waals surface area contributed by atoms with E-state index in [1.807, 2.05) is 18.5 Å². The quantitative estimate of drug-likeness (QED) is 0.804. The van der Waals surface area contributed by atoms with E-state index in [1.54, 1.807) is 0 Å². The minimum atomic E-state index is -1.82. The van der Waals surface area contributed by atoms with Crippen molar-refractivity contribution in [2.75, 3.05) is 26.2 Å². The van der Waals surface area contributed by atoms with E-state index in [2.05, 4.69) is 20.9 Å². The number of nitrogens with zero attached hydrogens (tertiary/aromatic N) is 3. The van der Waals surface area contributed by atoms with Gasteiger partial charge in [-0.2, -0.15) is 0 Å². The molecule has 2 heterocycles. The highest BCUT2D eigenvalue weighted by molar-refractivity contribution is 6.27. The van der Waals surface area contributed by atoms with Crippen LogP contribution in [0.3, 0.4) is 0 Å². The third kappa shape index (κ3) is 5.90. The molecule has 7 heteroatoms. The molecule has 1 saturated carbocycles. The van der Waals surface area contributed by atoms with Gasteiger partial charge in [0.15, 0.2) is 0 Å². The monoisotopic (exact) mass is 335 g/mol. The van der Waals surface area contributed by atoms with E-state index in [1.165, 1.54) is 57.4 Å². The molecule has 0 radical (unpaired) electrons. The van der Waals surface area contributed by atoms with Crippen molar-refractivity contribution in [3.05, 3.63) is 30.1 Å². The van der Waals surface area contributed by atoms with Gasteiger partial charge in [0.1, 0.15) is 0 Å². The van der Waals surface area contributed by atoms with E-state index < -0.39 is 11.9 Å². The van der Waals surface area contributed by atoms with Crippen LogP contribution < -0.4 is 0 Å². The minimum absolute atomic E-state index is 0.894. The maximum absolute atomic E-state index is 9.10. The number of hydrogen-bond donors (Lipinski definition) is 2. The molecule has 2 aliphatic rings. The lowest BCUT2D eigenvalue weighted by Gasteiger charge is -2.38. The van der Waals surface area contributed by atoms with Gasteiger partial charge in [0, 0.05) is 51.2 Å². The number of rotatable bonds is 3. The highest BCUT2D eigenvalue weighted by Gasteiger charge is 2.25. The molecule has 1 aliphatic carbocycles. The van der Waals surface area contributed by atoms with Gasteiger partial charge in [0.25, 0.3) is 0 Å². The predicted octanol–water partition coefficient (Wildman–Crippen LogP) is 1.30. The van der Waals surface area contributed by atoms with E-state index in [9.17, 15) is 0 Å². The molecule has 7 nitrogen and oxygen atoms in total. The largest absolute Gasteiger partial charge is 0.473 e. The van der Waals surface area contributed by atoms with Gasteiger partial charge in [-0.25, -0.2) is 9.59 Å². The number of aromatic nitrogens is 1. The van der Waals surface area contributed by atoms with E-state index >= 15 is 0 Å². The molecule has 2 fully saturated rings. The summed E-state index contributed by atoms with van der Waals surface area (Å²) >= 11 is 0. The molecule has 1 aliphatic heterocycles. The third-order valence-corrected chi connectivity index (χ3v) is 4.56. The number of carboxylic acids is 2. The lowest BCUT2D eigenvalue weighted by atomic mass is 10.1. The lowest BCUT2D eigenvalue weighted by molar-refractivity contribution is -0.159. The third-order valence-electron chi connectivity index (χ3n) is 4.56. The second-order valence-electron chi connectivity index (χ2n) is 6.22. The van der Waals surface area contributed by atoms with Crippen molar-refractivity contribution in [1.29, 1.82) is 0 Å². The van der Waals surface area contributed by atoms with Crippen LogP contribution in [-0.2, 0) is 16.1 Å². The zero-order valence-corrected chi connectivity index (χ0v) is 13.8. The minimum Gasteiger partial charge on any atom is -0.473 e. The highest BCUT2D eigenvalue weighted by Crippen LogP contribution is 2.24. The fourth-order valence-corrected chi connectivity index (χ4v) is 3.31. The Hall–Kier alpha value is -1.99. The number of carboxylic acid groups (broad SMARTS) is 2. The summed E-state index contributed by atoms with van der Waals surface area (Å²) in [5, 5.41) is 14.8. The summed E-state index contributed by atoms with van der Waals surface area (Å²) < 4.78 is 0. The fourth-order valence-electron chi connectivity index (χ4n) is 3.31. The molecule has 0 unspecified atom stereocenters. The molecule has 1 aromatic rings. The van der Waals surface area contributed by atoms with Crippen LogP contribution in [0.4, 0.5) is 0 Å². The SMILES string of the molecule is O=C(O)C(=O)O.c1cncc(CN2CCN(C3CCCC3)CC2)c1. The average Bonchev–Trinajstić information content (AvgIpc) is 3.11. The Morgan fingerprint density at radius 2 is 1.71 bits per heavy atom. The van der Waals surface area contributed by atoms with Gasteiger partial charge < -0.3 is 10.2 Å². The van der Waals surface area contributed by atoms with Crippen LogP contribution in [0.5, 0.6) is 0 Å². The smallest absolute Gasteiger partial charge is 0.414 e. The predicted molar refractivity (Wildman–Crippen MR) is 88.6 cm³/mol. The zero-order chi connectivity index (χ0) is 17.4. The van der Waals surface area contributed by atoms with Crippen molar-refractivity contribution in [2.24, 2.45) is 0 Å². The van der Waals surface area contributed by atoms with Crippen LogP contribution in [0.15, 0.2) is 24.5 Å². The van der Waals surface area contributed by atoms with Crippen molar-refractivity contribution in [3.8, 4) is 0 Å². The Labute approximate surface area is 141 Å². The molecule has 0 aromatic carbocycles. The number of piperazine rings is 1. The fraction of sp³-hybridized carbons (Fsp3) is 0.588. The summed E-state index contributed by atoms with van der Waals surface area (Å²) in [6.07, 6.45) is 9.59. The first-order valence-corrected chi connectivity index (χ1v) is 8.38. The van der Waals surface area contributed by atoms with Gasteiger partial charge >= 0.3 is 11.9 Å². The van der Waals surface area contributed by atoms with Gasteiger partial charge in [0.05, 0.1) is 0 Å². The Kier molecular flexibility index (Phi) is 7.14. The topological polar surface area (TPSA) is 94.0 Å². The van der Waals surface area contributed by atoms with Crippen molar-refractivity contribution < 1.29 is 19.8 Å². The Bertz CT molecular complexity index is 512. The van der Waals surface area contributed by atoms with Gasteiger partial charge in [-0.1, -0.05) is 18.9 Å². The van der Waals surface area contributed by atoms with Crippen molar-refractivity contribution >= 4 is 11.9 Å². The number of hydrogen-bond acceptors (Lipinski definition) is 5. The summed E-state index contributed by atoms with van der Waals surface area (Å²) in [5.74, 6) is -3.65. The first-order valence-electron chi connectivity index (χ1n) is 8.38. The number of aliphatic carboxylic acids is 2. The van der Waals surface area contributed by atoms with Crippen LogP contribution in [0.2, 0.25) is 0 Å². The van der Waals surface area contributed by atoms with E-state index in [0.29, 0.717) is 0 Å². The maximum Gasteiger partial charge on any atom is 0.414 e. The molecule has 0 amide bonds. The Morgan fingerprint density at radius 1 is 1.08 bits per heavy atom. The van der Waals surface area contributed by atoms with Crippen LogP contribution in [-0.4, -0.2) is 69.2 Å². The van der Waals surface area contributed by atoms with Gasteiger partial charge in [-0.05, 0) is 24.5 Å². The summed E-state index contributed by atoms with van der Waals surface area (Å²) in [6.45, 7) is 6.00. The molecule has 132 valence electrons. The Balaban J connectivity index is 0.000000301. The molecule has 1 saturated heterocycles. The average molecular weight is 335 g/mol. The van der Waals surface area contributed by atoms with Crippen LogP contribution in [0.25, 0.3) is 0 Å². The highest BCUT2D eigenvalue weighted by atomic mass is 16.4. The maximum atomic E-state index is 9.10. The molecule has 0 bridgehead atoms. The van der Waals surface area contributed by atoms with Crippen LogP contribution >= 0.6 is 0 Å². The second-order valence-corrected chi connectivity index (χ2v) is 6.22. The van der Waals surface area contributed by atoms with E-state index in [-0.39, 0.29) is 0 Å². The van der Waals surface area contributed by atoms with Crippen LogP contribution in [0, 0.1) is 0 Å². The molecule has 0 spiro atoms. The molecule has 2 N–H and O–H groups in total. The van der Waals surface area contributed by atoms with Crippen molar-refractivity contribution in [2.45, 2.75) is 38.3 Å². The van der Waals surface area contributed by atoms with Crippen LogP contribution in [0.1, 0.15) is 31.2 Å². The van der Waals surface area contributed by atoms with Gasteiger partial charge in [-0.3, -0.25) is 14.8 Å². The molecule has 0 atom stereocenters. The van der Waals surface area contributed by atoms with Gasteiger partial charge in [-0.15, -0.1) is 0 Å². The first-order chi connectivity index (χ1) is 11.6. The standard InChI is InChI=1S/C15H23N3.C2H2O4/c1-2-6-15(5-1)18-10-8-17(9-11-18)13-14-4-3-7-16-12-14;3-1(4)2(5)6/h3-4,7,12,15H,1-2,5-6,8-11,13H2;(H,3,4)(H,5,6). The molecular weight excluding hydrogens is 310 g/mol. The molecular formula is C17H25N3O4. The first kappa shape index (κ1) is 18.4. The molecule has 3 rings (SSSR count). The second kappa shape index (κ2) is 9.34. The molecule has 1 aromatic heterocycles. The normalized spacial score (nSPS) is 19.5. The van der Waals surface area contributed by atoms with E-state index in [4.69, 9.17) is 19.8 Å². The van der Waals surface area contributed by atoms with E-state index in [0.717, 1.165) is 12.6 Å².